The van der Waals surface area contributed by atoms with Crippen molar-refractivity contribution in [3.63, 3.8) is 0 Å². The van der Waals surface area contributed by atoms with Crippen LogP contribution in [0.4, 0.5) is 0 Å². The van der Waals surface area contributed by atoms with Crippen LogP contribution in [0.15, 0.2) is 28.7 Å². The van der Waals surface area contributed by atoms with Gasteiger partial charge in [-0.1, -0.05) is 28.1 Å². The predicted molar refractivity (Wildman–Crippen MR) is 67.5 cm³/mol. The van der Waals surface area contributed by atoms with Crippen molar-refractivity contribution in [2.45, 2.75) is 12.2 Å². The van der Waals surface area contributed by atoms with Crippen molar-refractivity contribution in [3.05, 3.63) is 34.3 Å². The Hall–Kier alpha value is -0.320. The molecule has 0 radical (unpaired) electrons. The number of hydrogen-bond acceptors (Lipinski definition) is 3. The van der Waals surface area contributed by atoms with Crippen LogP contribution in [0.25, 0.3) is 0 Å². The van der Waals surface area contributed by atoms with Gasteiger partial charge in [0, 0.05) is 15.8 Å². The number of rotatable bonds is 5. The summed E-state index contributed by atoms with van der Waals surface area (Å²) in [5.74, 6) is 0.713. The van der Waals surface area contributed by atoms with E-state index in [0.717, 1.165) is 10.0 Å². The molecule has 82 valence electrons. The van der Waals surface area contributed by atoms with Crippen LogP contribution in [0.3, 0.4) is 0 Å². The van der Waals surface area contributed by atoms with Crippen molar-refractivity contribution in [1.29, 1.82) is 0 Å². The van der Waals surface area contributed by atoms with Gasteiger partial charge in [-0.15, -0.1) is 11.8 Å². The van der Waals surface area contributed by atoms with Crippen LogP contribution in [0, 0.1) is 0 Å². The fourth-order valence-corrected chi connectivity index (χ4v) is 2.16. The lowest BCUT2D eigenvalue weighted by Crippen LogP contribution is -2.14. The van der Waals surface area contributed by atoms with E-state index in [2.05, 4.69) is 15.9 Å². The van der Waals surface area contributed by atoms with Gasteiger partial charge in [-0.05, 0) is 19.1 Å². The van der Waals surface area contributed by atoms with E-state index < -0.39 is 0 Å². The molecule has 0 aliphatic carbocycles. The SMILES string of the molecule is CC(SCCO)C(=O)c1ccc(Br)cc1. The van der Waals surface area contributed by atoms with E-state index in [4.69, 9.17) is 5.11 Å². The molecule has 1 N–H and O–H groups in total. The zero-order valence-corrected chi connectivity index (χ0v) is 10.8. The number of thioether (sulfide) groups is 1. The molecular weight excluding hydrogens is 276 g/mol. The summed E-state index contributed by atoms with van der Waals surface area (Å²) in [7, 11) is 0. The topological polar surface area (TPSA) is 37.3 Å². The molecule has 4 heteroatoms. The third-order valence-corrected chi connectivity index (χ3v) is 3.62. The molecule has 1 unspecified atom stereocenters. The number of carbonyl (C=O) groups is 1. The summed E-state index contributed by atoms with van der Waals surface area (Å²) in [6, 6.07) is 7.33. The highest BCUT2D eigenvalue weighted by molar-refractivity contribution is 9.10. The van der Waals surface area contributed by atoms with Crippen molar-refractivity contribution < 1.29 is 9.90 Å². The Kier molecular flexibility index (Phi) is 5.36. The maximum atomic E-state index is 11.8. The van der Waals surface area contributed by atoms with Crippen molar-refractivity contribution >= 4 is 33.5 Å². The smallest absolute Gasteiger partial charge is 0.175 e. The Bertz CT molecular complexity index is 324. The minimum Gasteiger partial charge on any atom is -0.396 e. The van der Waals surface area contributed by atoms with Crippen molar-refractivity contribution in [2.24, 2.45) is 0 Å². The number of ketones is 1. The second-order valence-corrected chi connectivity index (χ2v) is 5.47. The molecule has 0 aromatic heterocycles. The molecule has 0 spiro atoms. The second-order valence-electron chi connectivity index (χ2n) is 3.11. The van der Waals surface area contributed by atoms with Crippen molar-refractivity contribution in [3.8, 4) is 0 Å². The van der Waals surface area contributed by atoms with Gasteiger partial charge in [-0.25, -0.2) is 0 Å². The molecule has 0 fully saturated rings. The van der Waals surface area contributed by atoms with Crippen LogP contribution in [-0.2, 0) is 0 Å². The van der Waals surface area contributed by atoms with E-state index in [1.807, 2.05) is 31.2 Å². The highest BCUT2D eigenvalue weighted by Gasteiger charge is 2.14. The van der Waals surface area contributed by atoms with Gasteiger partial charge in [0.05, 0.1) is 11.9 Å². The van der Waals surface area contributed by atoms with E-state index in [9.17, 15) is 4.79 Å². The van der Waals surface area contributed by atoms with Gasteiger partial charge in [0.15, 0.2) is 5.78 Å². The Morgan fingerprint density at radius 1 is 1.47 bits per heavy atom. The number of aliphatic hydroxyl groups excluding tert-OH is 1. The van der Waals surface area contributed by atoms with Gasteiger partial charge in [-0.2, -0.15) is 0 Å². The third kappa shape index (κ3) is 3.97. The van der Waals surface area contributed by atoms with Gasteiger partial charge in [0.1, 0.15) is 0 Å². The Morgan fingerprint density at radius 2 is 2.07 bits per heavy atom. The first kappa shape index (κ1) is 12.7. The van der Waals surface area contributed by atoms with Gasteiger partial charge >= 0.3 is 0 Å². The Balaban J connectivity index is 2.63. The minimum atomic E-state index is -0.0988. The van der Waals surface area contributed by atoms with Gasteiger partial charge in [-0.3, -0.25) is 4.79 Å². The normalized spacial score (nSPS) is 12.5. The summed E-state index contributed by atoms with van der Waals surface area (Å²) >= 11 is 4.80. The lowest BCUT2D eigenvalue weighted by atomic mass is 10.1. The highest BCUT2D eigenvalue weighted by atomic mass is 79.9. The quantitative estimate of drug-likeness (QED) is 0.847. The van der Waals surface area contributed by atoms with E-state index >= 15 is 0 Å². The largest absolute Gasteiger partial charge is 0.396 e. The van der Waals surface area contributed by atoms with Crippen LogP contribution in [0.5, 0.6) is 0 Å². The first-order valence-electron chi connectivity index (χ1n) is 4.67. The number of hydrogen-bond donors (Lipinski definition) is 1. The molecule has 1 atom stereocenters. The number of Topliss-reactive ketones (excluding diaryl/α,β-unsaturated/α-hetero) is 1. The molecule has 2 nitrogen and oxygen atoms in total. The molecule has 0 amide bonds. The maximum Gasteiger partial charge on any atom is 0.175 e. The molecule has 0 aliphatic heterocycles. The van der Waals surface area contributed by atoms with Crippen LogP contribution >= 0.6 is 27.7 Å². The Labute approximate surface area is 102 Å². The first-order valence-corrected chi connectivity index (χ1v) is 6.51. The fourth-order valence-electron chi connectivity index (χ4n) is 1.15. The van der Waals surface area contributed by atoms with Crippen molar-refractivity contribution in [1.82, 2.24) is 0 Å². The predicted octanol–water partition coefficient (Wildman–Crippen LogP) is 2.75. The lowest BCUT2D eigenvalue weighted by molar-refractivity contribution is 0.0994. The van der Waals surface area contributed by atoms with Crippen LogP contribution in [0.2, 0.25) is 0 Å². The summed E-state index contributed by atoms with van der Waals surface area (Å²) in [5, 5.41) is 8.57. The summed E-state index contributed by atoms with van der Waals surface area (Å²) in [6.45, 7) is 1.98. The average molecular weight is 289 g/mol. The second kappa shape index (κ2) is 6.30. The summed E-state index contributed by atoms with van der Waals surface area (Å²) in [4.78, 5) is 11.8. The number of benzene rings is 1. The highest BCUT2D eigenvalue weighted by Crippen LogP contribution is 2.17. The van der Waals surface area contributed by atoms with Crippen LogP contribution in [0.1, 0.15) is 17.3 Å². The monoisotopic (exact) mass is 288 g/mol. The van der Waals surface area contributed by atoms with Crippen LogP contribution < -0.4 is 0 Å². The number of halogens is 1. The molecule has 15 heavy (non-hydrogen) atoms. The average Bonchev–Trinajstić information content (AvgIpc) is 2.26. The van der Waals surface area contributed by atoms with E-state index in [1.54, 1.807) is 0 Å². The van der Waals surface area contributed by atoms with E-state index in [0.29, 0.717) is 5.75 Å². The van der Waals surface area contributed by atoms with Gasteiger partial charge in [0.2, 0.25) is 0 Å². The van der Waals surface area contributed by atoms with Crippen molar-refractivity contribution in [2.75, 3.05) is 12.4 Å². The Morgan fingerprint density at radius 3 is 2.60 bits per heavy atom. The van der Waals surface area contributed by atoms with E-state index in [1.165, 1.54) is 11.8 Å². The molecule has 1 aromatic rings. The standard InChI is InChI=1S/C11H13BrO2S/c1-8(15-7-6-13)11(14)9-2-4-10(12)5-3-9/h2-5,8,13H,6-7H2,1H3. The summed E-state index contributed by atoms with van der Waals surface area (Å²) < 4.78 is 0.967. The summed E-state index contributed by atoms with van der Waals surface area (Å²) in [6.07, 6.45) is 0. The first-order chi connectivity index (χ1) is 7.15. The van der Waals surface area contributed by atoms with E-state index in [-0.39, 0.29) is 17.6 Å². The maximum absolute atomic E-state index is 11.8. The molecule has 0 bridgehead atoms. The van der Waals surface area contributed by atoms with Gasteiger partial charge in [0.25, 0.3) is 0 Å². The summed E-state index contributed by atoms with van der Waals surface area (Å²) in [5.41, 5.74) is 0.719. The van der Waals surface area contributed by atoms with Gasteiger partial charge < -0.3 is 5.11 Å². The fraction of sp³-hybridized carbons (Fsp3) is 0.364. The molecule has 1 rings (SSSR count). The molecular formula is C11H13BrO2S. The molecule has 0 aliphatic rings. The zero-order valence-electron chi connectivity index (χ0n) is 8.44. The lowest BCUT2D eigenvalue weighted by Gasteiger charge is -2.09. The zero-order chi connectivity index (χ0) is 11.3. The van der Waals surface area contributed by atoms with Crippen LogP contribution in [-0.4, -0.2) is 28.5 Å². The molecule has 0 heterocycles. The molecule has 1 aromatic carbocycles. The molecule has 0 saturated heterocycles. The number of carbonyl (C=O) groups excluding carboxylic acids is 1. The number of aliphatic hydroxyl groups is 1. The minimum absolute atomic E-state index is 0.0988. The molecule has 0 saturated carbocycles. The third-order valence-electron chi connectivity index (χ3n) is 1.96.